The Morgan fingerprint density at radius 2 is 0.400 bits per heavy atom. The van der Waals surface area contributed by atoms with E-state index >= 15 is 0 Å². The Balaban J connectivity index is 1.79. The summed E-state index contributed by atoms with van der Waals surface area (Å²) in [6.45, 7) is 0. The quantitative estimate of drug-likeness (QED) is 0.340. The van der Waals surface area contributed by atoms with Crippen LogP contribution in [0.1, 0.15) is 0 Å². The average Bonchev–Trinajstić information content (AvgIpc) is 2.22. The first kappa shape index (κ1) is 7.89. The predicted molar refractivity (Wildman–Crippen MR) is 70.2 cm³/mol. The van der Waals surface area contributed by atoms with E-state index in [-0.39, 0.29) is 0 Å². The van der Waals surface area contributed by atoms with Crippen LogP contribution in [0.2, 0.25) is 0 Å². The molecule has 0 aromatic heterocycles. The molecule has 0 aromatic carbocycles. The number of hydrogen-bond acceptors (Lipinski definition) is 12. The maximum absolute atomic E-state index is 8.26. The summed E-state index contributed by atoms with van der Waals surface area (Å²) in [5, 5.41) is 0. The molecular weight excluding hydrogens is 417 g/mol. The van der Waals surface area contributed by atoms with E-state index in [0.717, 1.165) is 0 Å². The van der Waals surface area contributed by atoms with Crippen LogP contribution in [0.3, 0.4) is 0 Å². The Hall–Kier alpha value is 1.26. The summed E-state index contributed by atoms with van der Waals surface area (Å²) < 4.78 is 128. The van der Waals surface area contributed by atoms with Crippen molar-refractivity contribution in [3.8, 4) is 0 Å². The molecule has 0 atom stereocenters. The number of hydrogen-bond donors (Lipinski definition) is 0. The summed E-state index contributed by atoms with van der Waals surface area (Å²) >= 11 is 0. The van der Waals surface area contributed by atoms with Crippen LogP contribution in [-0.2, 0) is 49.4 Å². The summed E-state index contributed by atoms with van der Waals surface area (Å²) in [5.41, 5.74) is 0. The summed E-state index contributed by atoms with van der Waals surface area (Å²) in [7, 11) is -40.0. The van der Waals surface area contributed by atoms with Crippen LogP contribution in [0.4, 0.5) is 0 Å². The van der Waals surface area contributed by atoms with Gasteiger partial charge in [-0.2, -0.15) is 0 Å². The SMILES string of the molecule is [2H][Si]12O[Si]3([2H])O[Si]4([2H])O[Si]([2H])(O1)O[Si]1([2H])O[Si]([2H])(O2)O[Si]([2H])(O3)O[Si]([2H])(O4)O1. The van der Waals surface area contributed by atoms with Gasteiger partial charge in [-0.25, -0.2) is 0 Å². The lowest BCUT2D eigenvalue weighted by Crippen LogP contribution is -2.68. The predicted octanol–water partition coefficient (Wildman–Crippen LogP) is -6.01. The van der Waals surface area contributed by atoms with Gasteiger partial charge in [-0.05, 0) is 0 Å². The normalized spacial score (nSPS) is 92.8. The Kier molecular flexibility index (Phi) is 2.13. The molecule has 6 rings (SSSR count). The average molecular weight is 433 g/mol. The number of rotatable bonds is 0. The Bertz CT molecular complexity index is 489. The van der Waals surface area contributed by atoms with Gasteiger partial charge in [0.2, 0.25) is 0 Å². The van der Waals surface area contributed by atoms with E-state index in [0.29, 0.717) is 0 Å². The van der Waals surface area contributed by atoms with Gasteiger partial charge in [-0.3, -0.25) is 0 Å². The van der Waals surface area contributed by atoms with Gasteiger partial charge in [0.05, 0.1) is 0 Å². The van der Waals surface area contributed by atoms with Gasteiger partial charge < -0.3 is 49.4 Å². The molecule has 8 bridgehead atoms. The molecule has 0 spiro atoms. The second kappa shape index (κ2) is 5.41. The lowest BCUT2D eigenvalue weighted by Gasteiger charge is -2.44. The van der Waals surface area contributed by atoms with Crippen LogP contribution in [0.15, 0.2) is 0 Å². The molecule has 0 N–H and O–H groups in total. The van der Waals surface area contributed by atoms with E-state index in [2.05, 4.69) is 0 Å². The van der Waals surface area contributed by atoms with Gasteiger partial charge >= 0.3 is 75.7 Å². The van der Waals surface area contributed by atoms with Crippen LogP contribution in [0.25, 0.3) is 0 Å². The Labute approximate surface area is 135 Å². The van der Waals surface area contributed by atoms with E-state index in [1.807, 2.05) is 0 Å². The third-order valence-electron chi connectivity index (χ3n) is 2.00. The van der Waals surface area contributed by atoms with E-state index in [1.54, 1.807) is 0 Å². The van der Waals surface area contributed by atoms with Crippen molar-refractivity contribution < 1.29 is 49.4 Å². The van der Waals surface area contributed by atoms with Crippen LogP contribution in [-0.4, -0.2) is 85.6 Å². The van der Waals surface area contributed by atoms with Crippen LogP contribution < -0.4 is 0 Å². The zero-order valence-electron chi connectivity index (χ0n) is 16.9. The highest BCUT2D eigenvalue weighted by Crippen LogP contribution is 2.25. The molecule has 0 aliphatic carbocycles. The largest absolute Gasteiger partial charge is 0.461 e. The molecule has 6 aliphatic rings. The minimum absolute atomic E-state index is 5.01. The molecule has 112 valence electrons. The fourth-order valence-electron chi connectivity index (χ4n) is 1.32. The molecular formula is H8O12Si8. The third kappa shape index (κ3) is 2.64. The smallest absolute Gasteiger partial charge is 0.378 e. The summed E-state index contributed by atoms with van der Waals surface area (Å²) in [6, 6.07) is 0. The van der Waals surface area contributed by atoms with Crippen LogP contribution >= 0.6 is 0 Å². The highest BCUT2D eigenvalue weighted by atomic mass is 28.6. The van der Waals surface area contributed by atoms with E-state index in [1.165, 1.54) is 0 Å². The molecule has 6 fully saturated rings. The van der Waals surface area contributed by atoms with E-state index in [4.69, 9.17) is 59.3 Å². The van der Waals surface area contributed by atoms with Crippen molar-refractivity contribution in [2.75, 3.05) is 0 Å². The van der Waals surface area contributed by atoms with Gasteiger partial charge in [-0.15, -0.1) is 0 Å². The van der Waals surface area contributed by atoms with Gasteiger partial charge in [0.1, 0.15) is 9.88 Å². The molecule has 20 heavy (non-hydrogen) atoms. The Morgan fingerprint density at radius 1 is 0.300 bits per heavy atom. The molecule has 0 amide bonds. The minimum atomic E-state index is -5.01. The molecule has 6 heterocycles. The van der Waals surface area contributed by atoms with Gasteiger partial charge in [0.25, 0.3) is 0 Å². The zero-order valence-corrected chi connectivity index (χ0v) is 16.9. The molecule has 0 radical (unpaired) electrons. The summed E-state index contributed by atoms with van der Waals surface area (Å²) in [4.78, 5) is 0. The first-order valence-electron chi connectivity index (χ1n) is 8.90. The Morgan fingerprint density at radius 3 is 0.500 bits per heavy atom. The third-order valence-corrected chi connectivity index (χ3v) is 18.0. The van der Waals surface area contributed by atoms with Crippen LogP contribution in [0, 0.1) is 0 Å². The van der Waals surface area contributed by atoms with E-state index in [9.17, 15) is 0 Å². The summed E-state index contributed by atoms with van der Waals surface area (Å²) in [6.07, 6.45) is 0. The van der Waals surface area contributed by atoms with Crippen molar-refractivity contribution in [2.45, 2.75) is 0 Å². The fourth-order valence-corrected chi connectivity index (χ4v) is 20.8. The molecule has 6 saturated heterocycles. The highest BCUT2D eigenvalue weighted by Gasteiger charge is 2.54. The van der Waals surface area contributed by atoms with Crippen molar-refractivity contribution in [1.82, 2.24) is 0 Å². The second-order valence-corrected chi connectivity index (χ2v) is 17.0. The standard InChI is InChI=1S/H8O12Si8/c1-13-2-15-6-17-4-14(1)5-18-7-16(3-13)9-19(8-15)12-20(10-17)11-18/h13-20H/i13D,14D,15D,16D,17D,18D,19D,20D. The molecule has 0 unspecified atom stereocenters. The summed E-state index contributed by atoms with van der Waals surface area (Å²) in [5.74, 6) is 0. The van der Waals surface area contributed by atoms with Crippen molar-refractivity contribution >= 4 is 75.7 Å². The second-order valence-electron chi connectivity index (χ2n) is 3.22. The van der Waals surface area contributed by atoms with E-state index < -0.39 is 75.7 Å². The van der Waals surface area contributed by atoms with Crippen molar-refractivity contribution in [3.05, 3.63) is 0 Å². The molecule has 0 saturated carbocycles. The highest BCUT2D eigenvalue weighted by molar-refractivity contribution is 6.82. The lowest BCUT2D eigenvalue weighted by molar-refractivity contribution is 0.0408. The molecule has 6 aliphatic heterocycles. The molecule has 20 heteroatoms. The van der Waals surface area contributed by atoms with Crippen molar-refractivity contribution in [2.24, 2.45) is 0 Å². The minimum Gasteiger partial charge on any atom is -0.378 e. The molecule has 12 nitrogen and oxygen atoms in total. The van der Waals surface area contributed by atoms with Crippen LogP contribution in [0.5, 0.6) is 0 Å². The maximum atomic E-state index is 8.26. The first-order valence-corrected chi connectivity index (χ1v) is 14.7. The van der Waals surface area contributed by atoms with Gasteiger partial charge in [0, 0.05) is 0 Å². The monoisotopic (exact) mass is 432 g/mol. The molecule has 0 aromatic rings. The topological polar surface area (TPSA) is 111 Å². The van der Waals surface area contributed by atoms with Crippen molar-refractivity contribution in [3.63, 3.8) is 0 Å². The maximum Gasteiger partial charge on any atom is 0.461 e. The van der Waals surface area contributed by atoms with Crippen molar-refractivity contribution in [1.29, 1.82) is 9.88 Å². The first-order chi connectivity index (χ1) is 12.5. The van der Waals surface area contributed by atoms with Gasteiger partial charge in [0.15, 0.2) is 0 Å². The lowest BCUT2D eigenvalue weighted by atomic mass is 15.5. The van der Waals surface area contributed by atoms with Gasteiger partial charge in [-0.1, -0.05) is 0 Å². The fraction of sp³-hybridized carbons (Fsp3) is 0. The zero-order chi connectivity index (χ0) is 20.5.